The molecule has 18 heavy (non-hydrogen) atoms. The molecule has 1 heterocycles. The fraction of sp³-hybridized carbons (Fsp3) is 0.182. The van der Waals surface area contributed by atoms with Gasteiger partial charge in [-0.3, -0.25) is 5.10 Å². The number of nitrogen functional groups attached to an aromatic ring is 1. The molecule has 0 unspecified atom stereocenters. The van der Waals surface area contributed by atoms with Crippen molar-refractivity contribution in [3.05, 3.63) is 29.8 Å². The smallest absolute Gasteiger partial charge is 0.375 e. The number of carbonyl (C=O) groups is 1. The minimum Gasteiger partial charge on any atom is -0.460 e. The van der Waals surface area contributed by atoms with Gasteiger partial charge in [-0.15, -0.1) is 0 Å². The van der Waals surface area contributed by atoms with E-state index in [1.54, 1.807) is 13.0 Å². The first-order chi connectivity index (χ1) is 8.61. The Morgan fingerprint density at radius 3 is 3.00 bits per heavy atom. The molecule has 0 saturated heterocycles. The molecule has 0 atom stereocenters. The highest BCUT2D eigenvalue weighted by atomic mass is 19.1. The minimum absolute atomic E-state index is 0.0240. The third kappa shape index (κ3) is 2.29. The predicted octanol–water partition coefficient (Wildman–Crippen LogP) is 1.37. The first-order valence-corrected chi connectivity index (χ1v) is 5.26. The zero-order valence-corrected chi connectivity index (χ0v) is 9.61. The van der Waals surface area contributed by atoms with Gasteiger partial charge < -0.3 is 10.5 Å². The van der Waals surface area contributed by atoms with Crippen molar-refractivity contribution in [2.75, 3.05) is 12.3 Å². The maximum absolute atomic E-state index is 13.3. The summed E-state index contributed by atoms with van der Waals surface area (Å²) in [5, 5.41) is 6.25. The summed E-state index contributed by atoms with van der Waals surface area (Å²) in [7, 11) is 0. The number of aromatic nitrogens is 3. The molecule has 0 radical (unpaired) electrons. The van der Waals surface area contributed by atoms with Gasteiger partial charge in [0.25, 0.3) is 0 Å². The highest BCUT2D eigenvalue weighted by molar-refractivity contribution is 5.85. The van der Waals surface area contributed by atoms with Crippen LogP contribution in [-0.2, 0) is 4.74 Å². The minimum atomic E-state index is -0.604. The number of hydrogen-bond donors (Lipinski definition) is 2. The number of nitrogens with two attached hydrogens (primary N) is 1. The van der Waals surface area contributed by atoms with Gasteiger partial charge in [-0.05, 0) is 25.1 Å². The van der Waals surface area contributed by atoms with E-state index in [2.05, 4.69) is 15.2 Å². The number of halogens is 1. The second kappa shape index (κ2) is 4.82. The summed E-state index contributed by atoms with van der Waals surface area (Å²) < 4.78 is 18.0. The van der Waals surface area contributed by atoms with Crippen LogP contribution >= 0.6 is 0 Å². The van der Waals surface area contributed by atoms with Crippen molar-refractivity contribution < 1.29 is 13.9 Å². The van der Waals surface area contributed by atoms with E-state index in [0.717, 1.165) is 0 Å². The molecule has 0 saturated carbocycles. The van der Waals surface area contributed by atoms with Gasteiger partial charge >= 0.3 is 5.97 Å². The Hall–Kier alpha value is -2.44. The highest BCUT2D eigenvalue weighted by Crippen LogP contribution is 2.19. The van der Waals surface area contributed by atoms with Crippen molar-refractivity contribution in [1.82, 2.24) is 15.2 Å². The number of hydrogen-bond acceptors (Lipinski definition) is 5. The summed E-state index contributed by atoms with van der Waals surface area (Å²) in [6.07, 6.45) is 0. The number of carbonyl (C=O) groups excluding carboxylic acids is 1. The third-order valence-corrected chi connectivity index (χ3v) is 2.21. The zero-order valence-electron chi connectivity index (χ0n) is 9.61. The number of benzene rings is 1. The summed E-state index contributed by atoms with van der Waals surface area (Å²) in [5.74, 6) is -0.983. The molecule has 2 aromatic rings. The van der Waals surface area contributed by atoms with E-state index in [1.807, 2.05) is 0 Å². The zero-order chi connectivity index (χ0) is 13.1. The molecule has 3 N–H and O–H groups in total. The topological polar surface area (TPSA) is 93.9 Å². The number of rotatable bonds is 3. The molecule has 0 bridgehead atoms. The monoisotopic (exact) mass is 250 g/mol. The standard InChI is InChI=1S/C11H11FN4O2/c1-2-18-11(17)10-14-9(15-16-10)6-3-4-8(13)7(12)5-6/h3-5H,2,13H2,1H3,(H,14,15,16). The van der Waals surface area contributed by atoms with Crippen molar-refractivity contribution >= 4 is 11.7 Å². The Kier molecular flexibility index (Phi) is 3.22. The second-order valence-corrected chi connectivity index (χ2v) is 3.46. The molecule has 0 aliphatic rings. The number of aromatic amines is 1. The van der Waals surface area contributed by atoms with Crippen LogP contribution in [-0.4, -0.2) is 27.8 Å². The van der Waals surface area contributed by atoms with Gasteiger partial charge in [0.15, 0.2) is 5.82 Å². The molecule has 6 nitrogen and oxygen atoms in total. The van der Waals surface area contributed by atoms with Crippen molar-refractivity contribution in [3.8, 4) is 11.4 Å². The largest absolute Gasteiger partial charge is 0.460 e. The molecule has 94 valence electrons. The van der Waals surface area contributed by atoms with Gasteiger partial charge in [0.2, 0.25) is 5.82 Å². The quantitative estimate of drug-likeness (QED) is 0.633. The first-order valence-electron chi connectivity index (χ1n) is 5.26. The van der Waals surface area contributed by atoms with E-state index in [1.165, 1.54) is 12.1 Å². The summed E-state index contributed by atoms with van der Waals surface area (Å²) >= 11 is 0. The first kappa shape index (κ1) is 12.0. The van der Waals surface area contributed by atoms with Crippen molar-refractivity contribution in [2.45, 2.75) is 6.92 Å². The molecule has 7 heteroatoms. The second-order valence-electron chi connectivity index (χ2n) is 3.46. The lowest BCUT2D eigenvalue weighted by Crippen LogP contribution is -2.06. The van der Waals surface area contributed by atoms with Crippen LogP contribution in [0.15, 0.2) is 18.2 Å². The fourth-order valence-electron chi connectivity index (χ4n) is 1.35. The number of nitrogens with zero attached hydrogens (tertiary/aromatic N) is 2. The highest BCUT2D eigenvalue weighted by Gasteiger charge is 2.14. The van der Waals surface area contributed by atoms with Crippen molar-refractivity contribution in [3.63, 3.8) is 0 Å². The number of esters is 1. The molecule has 0 aliphatic heterocycles. The van der Waals surface area contributed by atoms with E-state index in [0.29, 0.717) is 5.56 Å². The molecule has 0 aliphatic carbocycles. The molecule has 0 fully saturated rings. The SMILES string of the molecule is CCOC(=O)c1nc(-c2ccc(N)c(F)c2)n[nH]1. The Morgan fingerprint density at radius 2 is 2.33 bits per heavy atom. The fourth-order valence-corrected chi connectivity index (χ4v) is 1.35. The van der Waals surface area contributed by atoms with Crippen LogP contribution in [0.25, 0.3) is 11.4 Å². The molecule has 2 rings (SSSR count). The van der Waals surface area contributed by atoms with E-state index in [4.69, 9.17) is 10.5 Å². The van der Waals surface area contributed by atoms with Crippen LogP contribution in [0, 0.1) is 5.82 Å². The van der Waals surface area contributed by atoms with E-state index in [-0.39, 0.29) is 23.9 Å². The Morgan fingerprint density at radius 1 is 1.56 bits per heavy atom. The number of ether oxygens (including phenoxy) is 1. The summed E-state index contributed by atoms with van der Waals surface area (Å²) in [4.78, 5) is 15.3. The number of nitrogens with one attached hydrogen (secondary N) is 1. The lowest BCUT2D eigenvalue weighted by atomic mass is 10.2. The average Bonchev–Trinajstić information content (AvgIpc) is 2.82. The van der Waals surface area contributed by atoms with Crippen LogP contribution in [0.3, 0.4) is 0 Å². The lowest BCUT2D eigenvalue weighted by molar-refractivity contribution is 0.0512. The van der Waals surface area contributed by atoms with Gasteiger partial charge in [0, 0.05) is 5.56 Å². The van der Waals surface area contributed by atoms with E-state index < -0.39 is 11.8 Å². The normalized spacial score (nSPS) is 10.3. The van der Waals surface area contributed by atoms with E-state index >= 15 is 0 Å². The van der Waals surface area contributed by atoms with Crippen LogP contribution in [0.2, 0.25) is 0 Å². The predicted molar refractivity (Wildman–Crippen MR) is 62.1 cm³/mol. The van der Waals surface area contributed by atoms with Crippen LogP contribution < -0.4 is 5.73 Å². The van der Waals surface area contributed by atoms with Gasteiger partial charge in [0.1, 0.15) is 5.82 Å². The van der Waals surface area contributed by atoms with Gasteiger partial charge in [-0.1, -0.05) is 0 Å². The number of H-pyrrole nitrogens is 1. The molecular weight excluding hydrogens is 239 g/mol. The van der Waals surface area contributed by atoms with E-state index in [9.17, 15) is 9.18 Å². The Balaban J connectivity index is 2.29. The maximum atomic E-state index is 13.3. The molecule has 1 aromatic heterocycles. The van der Waals surface area contributed by atoms with Gasteiger partial charge in [-0.25, -0.2) is 14.2 Å². The molecule has 0 amide bonds. The van der Waals surface area contributed by atoms with Crippen molar-refractivity contribution in [1.29, 1.82) is 0 Å². The van der Waals surface area contributed by atoms with Crippen molar-refractivity contribution in [2.24, 2.45) is 0 Å². The van der Waals surface area contributed by atoms with Crippen LogP contribution in [0.4, 0.5) is 10.1 Å². The maximum Gasteiger partial charge on any atom is 0.375 e. The van der Waals surface area contributed by atoms with Crippen LogP contribution in [0.1, 0.15) is 17.5 Å². The number of anilines is 1. The molecule has 0 spiro atoms. The Labute approximate surface area is 102 Å². The molecule has 1 aromatic carbocycles. The molecular formula is C11H11FN4O2. The van der Waals surface area contributed by atoms with Gasteiger partial charge in [-0.2, -0.15) is 5.10 Å². The Bertz CT molecular complexity index is 582. The lowest BCUT2D eigenvalue weighted by Gasteiger charge is -1.98. The summed E-state index contributed by atoms with van der Waals surface area (Å²) in [5.41, 5.74) is 5.83. The average molecular weight is 250 g/mol. The summed E-state index contributed by atoms with van der Waals surface area (Å²) in [6, 6.07) is 4.18. The summed E-state index contributed by atoms with van der Waals surface area (Å²) in [6.45, 7) is 1.93. The van der Waals surface area contributed by atoms with Gasteiger partial charge in [0.05, 0.1) is 12.3 Å². The van der Waals surface area contributed by atoms with Crippen LogP contribution in [0.5, 0.6) is 0 Å². The third-order valence-electron chi connectivity index (χ3n) is 2.21.